The summed E-state index contributed by atoms with van der Waals surface area (Å²) in [5.41, 5.74) is 0.626. The third kappa shape index (κ3) is 3.29. The number of nitrogens with one attached hydrogen (secondary N) is 1. The highest BCUT2D eigenvalue weighted by Crippen LogP contribution is 2.39. The van der Waals surface area contributed by atoms with Crippen LogP contribution >= 0.6 is 0 Å². The molecule has 0 heterocycles. The summed E-state index contributed by atoms with van der Waals surface area (Å²) in [6.07, 6.45) is -3.52. The Morgan fingerprint density at radius 1 is 1.48 bits per heavy atom. The van der Waals surface area contributed by atoms with Crippen LogP contribution < -0.4 is 11.3 Å². The maximum atomic E-state index is 12.9. The number of hydrazine groups is 1. The first-order chi connectivity index (χ1) is 9.75. The van der Waals surface area contributed by atoms with Crippen molar-refractivity contribution in [2.24, 2.45) is 17.7 Å². The molecule has 1 aliphatic carbocycles. The minimum absolute atomic E-state index is 0.0665. The number of anilines is 1. The standard InChI is InChI=1S/C14H18F3N3O/c1-8-6-9(8)7-20(2)13(21)10-4-3-5-11(12(10)19-18)14(15,16)17/h3-5,8-9,19H,6-7,18H2,1-2H3. The van der Waals surface area contributed by atoms with E-state index < -0.39 is 17.6 Å². The summed E-state index contributed by atoms with van der Waals surface area (Å²) in [5, 5.41) is 0. The minimum Gasteiger partial charge on any atom is -0.341 e. The number of alkyl halides is 3. The molecule has 4 nitrogen and oxygen atoms in total. The lowest BCUT2D eigenvalue weighted by molar-refractivity contribution is -0.137. The Morgan fingerprint density at radius 3 is 2.57 bits per heavy atom. The number of para-hydroxylation sites is 1. The molecule has 2 atom stereocenters. The van der Waals surface area contributed by atoms with Crippen molar-refractivity contribution in [1.29, 1.82) is 0 Å². The van der Waals surface area contributed by atoms with Gasteiger partial charge in [-0.3, -0.25) is 10.6 Å². The number of benzene rings is 1. The van der Waals surface area contributed by atoms with Crippen molar-refractivity contribution < 1.29 is 18.0 Å². The molecule has 0 saturated heterocycles. The van der Waals surface area contributed by atoms with E-state index in [0.29, 0.717) is 18.4 Å². The number of halogens is 3. The van der Waals surface area contributed by atoms with Crippen molar-refractivity contribution in [3.8, 4) is 0 Å². The smallest absolute Gasteiger partial charge is 0.341 e. The molecule has 116 valence electrons. The van der Waals surface area contributed by atoms with Crippen LogP contribution in [0.3, 0.4) is 0 Å². The molecule has 1 fully saturated rings. The van der Waals surface area contributed by atoms with E-state index in [-0.39, 0.29) is 11.3 Å². The molecule has 0 radical (unpaired) electrons. The Bertz CT molecular complexity index is 545. The largest absolute Gasteiger partial charge is 0.418 e. The number of hydrogen-bond donors (Lipinski definition) is 2. The van der Waals surface area contributed by atoms with Gasteiger partial charge >= 0.3 is 6.18 Å². The maximum absolute atomic E-state index is 12.9. The van der Waals surface area contributed by atoms with Crippen LogP contribution in [0, 0.1) is 11.8 Å². The quantitative estimate of drug-likeness (QED) is 0.664. The number of carbonyl (C=O) groups excluding carboxylic acids is 1. The Morgan fingerprint density at radius 2 is 2.10 bits per heavy atom. The Kier molecular flexibility index (Phi) is 4.13. The molecule has 1 aromatic carbocycles. The van der Waals surface area contributed by atoms with Crippen molar-refractivity contribution in [2.75, 3.05) is 19.0 Å². The van der Waals surface area contributed by atoms with Crippen molar-refractivity contribution in [3.05, 3.63) is 29.3 Å². The van der Waals surface area contributed by atoms with Gasteiger partial charge in [-0.25, -0.2) is 0 Å². The molecule has 3 N–H and O–H groups in total. The second kappa shape index (κ2) is 5.55. The lowest BCUT2D eigenvalue weighted by Gasteiger charge is -2.21. The first kappa shape index (κ1) is 15.6. The molecule has 2 rings (SSSR count). The number of hydrogen-bond acceptors (Lipinski definition) is 3. The normalized spacial score (nSPS) is 21.0. The molecule has 0 aromatic heterocycles. The second-order valence-electron chi connectivity index (χ2n) is 5.53. The second-order valence-corrected chi connectivity index (χ2v) is 5.53. The predicted octanol–water partition coefficient (Wildman–Crippen LogP) is 2.72. The van der Waals surface area contributed by atoms with Gasteiger partial charge in [-0.2, -0.15) is 13.2 Å². The highest BCUT2D eigenvalue weighted by Gasteiger charge is 2.37. The summed E-state index contributed by atoms with van der Waals surface area (Å²) in [5.74, 6) is 5.73. The molecule has 7 heteroatoms. The van der Waals surface area contributed by atoms with E-state index in [2.05, 4.69) is 6.92 Å². The third-order valence-electron chi connectivity index (χ3n) is 3.88. The number of carbonyl (C=O) groups is 1. The molecule has 0 spiro atoms. The van der Waals surface area contributed by atoms with E-state index in [9.17, 15) is 18.0 Å². The summed E-state index contributed by atoms with van der Waals surface area (Å²) >= 11 is 0. The van der Waals surface area contributed by atoms with Crippen LogP contribution in [-0.4, -0.2) is 24.4 Å². The van der Waals surface area contributed by atoms with Crippen LogP contribution in [0.1, 0.15) is 29.3 Å². The van der Waals surface area contributed by atoms with Crippen LogP contribution in [0.25, 0.3) is 0 Å². The van der Waals surface area contributed by atoms with Crippen LogP contribution in [-0.2, 0) is 6.18 Å². The van der Waals surface area contributed by atoms with Gasteiger partial charge in [0.05, 0.1) is 16.8 Å². The van der Waals surface area contributed by atoms with E-state index in [1.807, 2.05) is 5.43 Å². The Balaban J connectivity index is 2.28. The van der Waals surface area contributed by atoms with Gasteiger partial charge in [-0.15, -0.1) is 0 Å². The lowest BCUT2D eigenvalue weighted by atomic mass is 10.1. The number of rotatable bonds is 4. The average molecular weight is 301 g/mol. The summed E-state index contributed by atoms with van der Waals surface area (Å²) in [6.45, 7) is 2.63. The van der Waals surface area contributed by atoms with Gasteiger partial charge in [-0.05, 0) is 30.4 Å². The van der Waals surface area contributed by atoms with Crippen molar-refractivity contribution in [1.82, 2.24) is 4.90 Å². The van der Waals surface area contributed by atoms with Crippen LogP contribution in [0.4, 0.5) is 18.9 Å². The number of nitrogens with zero attached hydrogens (tertiary/aromatic N) is 1. The topological polar surface area (TPSA) is 58.4 Å². The zero-order chi connectivity index (χ0) is 15.8. The summed E-state index contributed by atoms with van der Waals surface area (Å²) < 4.78 is 38.8. The summed E-state index contributed by atoms with van der Waals surface area (Å²) in [4.78, 5) is 13.8. The van der Waals surface area contributed by atoms with E-state index in [1.165, 1.54) is 17.0 Å². The van der Waals surface area contributed by atoms with Crippen LogP contribution in [0.5, 0.6) is 0 Å². The fourth-order valence-electron chi connectivity index (χ4n) is 2.42. The molecular weight excluding hydrogens is 283 g/mol. The van der Waals surface area contributed by atoms with E-state index in [0.717, 1.165) is 12.5 Å². The molecule has 21 heavy (non-hydrogen) atoms. The molecule has 1 aromatic rings. The highest BCUT2D eigenvalue weighted by atomic mass is 19.4. The molecule has 0 bridgehead atoms. The average Bonchev–Trinajstić information content (AvgIpc) is 3.11. The van der Waals surface area contributed by atoms with Crippen LogP contribution in [0.2, 0.25) is 0 Å². The van der Waals surface area contributed by atoms with Gasteiger partial charge in [0, 0.05) is 13.6 Å². The van der Waals surface area contributed by atoms with Crippen molar-refractivity contribution in [3.63, 3.8) is 0 Å². The van der Waals surface area contributed by atoms with E-state index in [1.54, 1.807) is 7.05 Å². The van der Waals surface area contributed by atoms with Crippen LogP contribution in [0.15, 0.2) is 18.2 Å². The SMILES string of the molecule is CC1CC1CN(C)C(=O)c1cccc(C(F)(F)F)c1NN. The molecule has 2 unspecified atom stereocenters. The van der Waals surface area contributed by atoms with E-state index >= 15 is 0 Å². The van der Waals surface area contributed by atoms with Gasteiger partial charge in [-0.1, -0.05) is 13.0 Å². The minimum atomic E-state index is -4.57. The van der Waals surface area contributed by atoms with Gasteiger partial charge in [0.15, 0.2) is 0 Å². The zero-order valence-electron chi connectivity index (χ0n) is 11.9. The zero-order valence-corrected chi connectivity index (χ0v) is 11.9. The third-order valence-corrected chi connectivity index (χ3v) is 3.88. The fraction of sp³-hybridized carbons (Fsp3) is 0.500. The van der Waals surface area contributed by atoms with Crippen molar-refractivity contribution in [2.45, 2.75) is 19.5 Å². The number of amides is 1. The molecule has 1 saturated carbocycles. The first-order valence-electron chi connectivity index (χ1n) is 6.68. The molecular formula is C14H18F3N3O. The van der Waals surface area contributed by atoms with Gasteiger partial charge in [0.25, 0.3) is 5.91 Å². The summed E-state index contributed by atoms with van der Waals surface area (Å²) in [7, 11) is 1.59. The Labute approximate surface area is 121 Å². The summed E-state index contributed by atoms with van der Waals surface area (Å²) in [6, 6.07) is 3.46. The van der Waals surface area contributed by atoms with Crippen molar-refractivity contribution >= 4 is 11.6 Å². The van der Waals surface area contributed by atoms with Gasteiger partial charge < -0.3 is 10.3 Å². The molecule has 1 aliphatic rings. The van der Waals surface area contributed by atoms with Gasteiger partial charge in [0.1, 0.15) is 0 Å². The predicted molar refractivity (Wildman–Crippen MR) is 73.5 cm³/mol. The maximum Gasteiger partial charge on any atom is 0.418 e. The monoisotopic (exact) mass is 301 g/mol. The Hall–Kier alpha value is -1.76. The molecule has 0 aliphatic heterocycles. The fourth-order valence-corrected chi connectivity index (χ4v) is 2.42. The lowest BCUT2D eigenvalue weighted by Crippen LogP contribution is -2.31. The number of nitrogen functional groups attached to an aromatic ring is 1. The molecule has 1 amide bonds. The van der Waals surface area contributed by atoms with E-state index in [4.69, 9.17) is 5.84 Å². The van der Waals surface area contributed by atoms with Gasteiger partial charge in [0.2, 0.25) is 0 Å². The number of nitrogens with two attached hydrogens (primary N) is 1. The first-order valence-corrected chi connectivity index (χ1v) is 6.68. The highest BCUT2D eigenvalue weighted by molar-refractivity contribution is 6.00.